The minimum atomic E-state index is -0.429. The van der Waals surface area contributed by atoms with Gasteiger partial charge in [-0.3, -0.25) is 14.3 Å². The monoisotopic (exact) mass is 342 g/mol. The summed E-state index contributed by atoms with van der Waals surface area (Å²) in [6, 6.07) is 9.63. The highest BCUT2D eigenvalue weighted by Crippen LogP contribution is 2.22. The molecule has 0 atom stereocenters. The smallest absolute Gasteiger partial charge is 0.330 e. The Labute approximate surface area is 144 Å². The second kappa shape index (κ2) is 7.06. The SMILES string of the molecule is COCCn1c(-c2ccccc2)nc2c1c(=O)[nH]c(=O)n2CC(C)C. The first-order chi connectivity index (χ1) is 12.0. The van der Waals surface area contributed by atoms with E-state index in [1.807, 2.05) is 48.7 Å². The van der Waals surface area contributed by atoms with Gasteiger partial charge in [0.05, 0.1) is 6.61 Å². The Kier molecular flexibility index (Phi) is 4.85. The zero-order valence-electron chi connectivity index (χ0n) is 14.7. The number of hydrogen-bond acceptors (Lipinski definition) is 4. The molecule has 0 spiro atoms. The minimum Gasteiger partial charge on any atom is -0.383 e. The van der Waals surface area contributed by atoms with Crippen molar-refractivity contribution in [2.45, 2.75) is 26.9 Å². The van der Waals surface area contributed by atoms with Crippen LogP contribution in [0.5, 0.6) is 0 Å². The number of nitrogens with zero attached hydrogens (tertiary/aromatic N) is 3. The third kappa shape index (κ3) is 3.28. The lowest BCUT2D eigenvalue weighted by Crippen LogP contribution is -2.32. The quantitative estimate of drug-likeness (QED) is 0.741. The topological polar surface area (TPSA) is 81.9 Å². The normalized spacial score (nSPS) is 11.5. The number of ether oxygens (including phenoxy) is 1. The van der Waals surface area contributed by atoms with Gasteiger partial charge in [-0.1, -0.05) is 44.2 Å². The molecule has 7 heteroatoms. The molecule has 0 fully saturated rings. The highest BCUT2D eigenvalue weighted by Gasteiger charge is 2.19. The number of methoxy groups -OCH3 is 1. The maximum Gasteiger partial charge on any atom is 0.330 e. The van der Waals surface area contributed by atoms with Crippen LogP contribution in [0.25, 0.3) is 22.6 Å². The molecule has 3 aromatic rings. The molecule has 0 unspecified atom stereocenters. The molecule has 1 aromatic carbocycles. The third-order valence-electron chi connectivity index (χ3n) is 3.98. The maximum atomic E-state index is 12.5. The fraction of sp³-hybridized carbons (Fsp3) is 0.389. The first-order valence-electron chi connectivity index (χ1n) is 8.30. The van der Waals surface area contributed by atoms with Crippen LogP contribution in [0.4, 0.5) is 0 Å². The van der Waals surface area contributed by atoms with E-state index in [1.54, 1.807) is 7.11 Å². The standard InChI is InChI=1S/C18H22N4O3/c1-12(2)11-22-16-14(17(23)20-18(22)24)21(9-10-25-3)15(19-16)13-7-5-4-6-8-13/h4-8,12H,9-11H2,1-3H3,(H,20,23,24). The lowest BCUT2D eigenvalue weighted by atomic mass is 10.2. The Balaban J connectivity index is 2.34. The van der Waals surface area contributed by atoms with Crippen molar-refractivity contribution in [2.24, 2.45) is 5.92 Å². The van der Waals surface area contributed by atoms with Crippen LogP contribution in [0.1, 0.15) is 13.8 Å². The molecule has 0 aliphatic rings. The average Bonchev–Trinajstić information content (AvgIpc) is 2.97. The van der Waals surface area contributed by atoms with E-state index < -0.39 is 11.2 Å². The number of benzene rings is 1. The van der Waals surface area contributed by atoms with Crippen molar-refractivity contribution in [3.63, 3.8) is 0 Å². The number of rotatable bonds is 6. The van der Waals surface area contributed by atoms with E-state index in [1.165, 1.54) is 4.57 Å². The molecule has 0 radical (unpaired) electrons. The summed E-state index contributed by atoms with van der Waals surface area (Å²) < 4.78 is 8.55. The molecule has 7 nitrogen and oxygen atoms in total. The van der Waals surface area contributed by atoms with Crippen LogP contribution in [-0.2, 0) is 17.8 Å². The first-order valence-corrected chi connectivity index (χ1v) is 8.30. The van der Waals surface area contributed by atoms with Gasteiger partial charge in [0.25, 0.3) is 5.56 Å². The van der Waals surface area contributed by atoms with Gasteiger partial charge >= 0.3 is 5.69 Å². The molecule has 0 aliphatic carbocycles. The second-order valence-electron chi connectivity index (χ2n) is 6.38. The molecule has 2 aromatic heterocycles. The van der Waals surface area contributed by atoms with Crippen molar-refractivity contribution >= 4 is 11.2 Å². The molecule has 25 heavy (non-hydrogen) atoms. The zero-order valence-corrected chi connectivity index (χ0v) is 14.7. The van der Waals surface area contributed by atoms with Crippen LogP contribution in [0.15, 0.2) is 39.9 Å². The van der Waals surface area contributed by atoms with Crippen molar-refractivity contribution in [2.75, 3.05) is 13.7 Å². The van der Waals surface area contributed by atoms with E-state index in [0.717, 1.165) is 5.56 Å². The lowest BCUT2D eigenvalue weighted by Gasteiger charge is -2.10. The van der Waals surface area contributed by atoms with Crippen LogP contribution in [0, 0.1) is 5.92 Å². The van der Waals surface area contributed by atoms with Crippen LogP contribution in [0.3, 0.4) is 0 Å². The average molecular weight is 342 g/mol. The summed E-state index contributed by atoms with van der Waals surface area (Å²) >= 11 is 0. The van der Waals surface area contributed by atoms with Gasteiger partial charge in [0.15, 0.2) is 11.2 Å². The van der Waals surface area contributed by atoms with E-state index in [4.69, 9.17) is 4.74 Å². The van der Waals surface area contributed by atoms with Crippen LogP contribution in [0.2, 0.25) is 0 Å². The Hall–Kier alpha value is -2.67. The molecule has 1 N–H and O–H groups in total. The molecular formula is C18H22N4O3. The molecule has 0 aliphatic heterocycles. The maximum absolute atomic E-state index is 12.5. The van der Waals surface area contributed by atoms with Gasteiger partial charge in [0, 0.05) is 25.8 Å². The van der Waals surface area contributed by atoms with E-state index in [2.05, 4.69) is 9.97 Å². The number of nitrogens with one attached hydrogen (secondary N) is 1. The predicted octanol–water partition coefficient (Wildman–Crippen LogP) is 1.86. The van der Waals surface area contributed by atoms with Gasteiger partial charge in [-0.05, 0) is 5.92 Å². The van der Waals surface area contributed by atoms with Crippen molar-refractivity contribution in [1.29, 1.82) is 0 Å². The van der Waals surface area contributed by atoms with Gasteiger partial charge in [-0.15, -0.1) is 0 Å². The highest BCUT2D eigenvalue weighted by atomic mass is 16.5. The molecule has 132 valence electrons. The summed E-state index contributed by atoms with van der Waals surface area (Å²) in [4.78, 5) is 31.9. The number of aromatic amines is 1. The summed E-state index contributed by atoms with van der Waals surface area (Å²) in [5.74, 6) is 0.900. The Morgan fingerprint density at radius 3 is 2.52 bits per heavy atom. The fourth-order valence-corrected chi connectivity index (χ4v) is 2.91. The van der Waals surface area contributed by atoms with Gasteiger partial charge in [-0.2, -0.15) is 0 Å². The van der Waals surface area contributed by atoms with E-state index in [0.29, 0.717) is 36.7 Å². The van der Waals surface area contributed by atoms with E-state index in [-0.39, 0.29) is 5.92 Å². The van der Waals surface area contributed by atoms with Crippen molar-refractivity contribution in [3.05, 3.63) is 51.2 Å². The Morgan fingerprint density at radius 2 is 1.88 bits per heavy atom. The van der Waals surface area contributed by atoms with Gasteiger partial charge in [-0.25, -0.2) is 9.78 Å². The summed E-state index contributed by atoms with van der Waals surface area (Å²) in [6.45, 7) is 5.43. The third-order valence-corrected chi connectivity index (χ3v) is 3.98. The molecule has 3 rings (SSSR count). The fourth-order valence-electron chi connectivity index (χ4n) is 2.91. The van der Waals surface area contributed by atoms with Gasteiger partial charge in [0.2, 0.25) is 0 Å². The summed E-state index contributed by atoms with van der Waals surface area (Å²) in [5.41, 5.74) is 0.847. The molecular weight excluding hydrogens is 320 g/mol. The predicted molar refractivity (Wildman–Crippen MR) is 96.8 cm³/mol. The van der Waals surface area contributed by atoms with Crippen molar-refractivity contribution < 1.29 is 4.74 Å². The molecule has 0 bridgehead atoms. The largest absolute Gasteiger partial charge is 0.383 e. The number of fused-ring (bicyclic) bond motifs is 1. The molecule has 0 amide bonds. The second-order valence-corrected chi connectivity index (χ2v) is 6.38. The van der Waals surface area contributed by atoms with Crippen LogP contribution in [-0.4, -0.2) is 32.8 Å². The van der Waals surface area contributed by atoms with E-state index in [9.17, 15) is 9.59 Å². The van der Waals surface area contributed by atoms with Gasteiger partial charge in [0.1, 0.15) is 5.82 Å². The zero-order chi connectivity index (χ0) is 18.0. The van der Waals surface area contributed by atoms with Crippen molar-refractivity contribution in [3.8, 4) is 11.4 Å². The number of H-pyrrole nitrogens is 1. The Morgan fingerprint density at radius 1 is 1.16 bits per heavy atom. The summed E-state index contributed by atoms with van der Waals surface area (Å²) in [5, 5.41) is 0. The van der Waals surface area contributed by atoms with E-state index >= 15 is 0 Å². The summed E-state index contributed by atoms with van der Waals surface area (Å²) in [6.07, 6.45) is 0. The van der Waals surface area contributed by atoms with Crippen LogP contribution >= 0.6 is 0 Å². The van der Waals surface area contributed by atoms with Gasteiger partial charge < -0.3 is 9.30 Å². The first kappa shape index (κ1) is 17.2. The molecule has 2 heterocycles. The molecule has 0 saturated carbocycles. The highest BCUT2D eigenvalue weighted by molar-refractivity contribution is 5.76. The molecule has 0 saturated heterocycles. The summed E-state index contributed by atoms with van der Waals surface area (Å²) in [7, 11) is 1.61. The number of hydrogen-bond donors (Lipinski definition) is 1. The lowest BCUT2D eigenvalue weighted by molar-refractivity contribution is 0.188. The van der Waals surface area contributed by atoms with Crippen LogP contribution < -0.4 is 11.2 Å². The minimum absolute atomic E-state index is 0.246. The number of aromatic nitrogens is 4. The number of imidazole rings is 1. The Bertz CT molecular complexity index is 983. The van der Waals surface area contributed by atoms with Crippen molar-refractivity contribution in [1.82, 2.24) is 19.1 Å².